The predicted molar refractivity (Wildman–Crippen MR) is 130 cm³/mol. The first kappa shape index (κ1) is 24.7. The second-order valence-corrected chi connectivity index (χ2v) is 8.53. The number of methoxy groups -OCH3 is 2. The van der Waals surface area contributed by atoms with Crippen LogP contribution in [0, 0.1) is 0 Å². The van der Waals surface area contributed by atoms with E-state index < -0.39 is 0 Å². The third kappa shape index (κ3) is 6.11. The molecule has 0 spiro atoms. The zero-order valence-corrected chi connectivity index (χ0v) is 20.8. The van der Waals surface area contributed by atoms with Crippen molar-refractivity contribution in [2.24, 2.45) is 7.05 Å². The molecule has 176 valence electrons. The van der Waals surface area contributed by atoms with Crippen molar-refractivity contribution in [2.45, 2.75) is 31.5 Å². The van der Waals surface area contributed by atoms with Gasteiger partial charge in [0.1, 0.15) is 17.2 Å². The molecule has 0 fully saturated rings. The Morgan fingerprint density at radius 3 is 2.48 bits per heavy atom. The number of amides is 1. The molecule has 1 heterocycles. The van der Waals surface area contributed by atoms with Gasteiger partial charge in [-0.2, -0.15) is 0 Å². The molecule has 3 rings (SSSR count). The van der Waals surface area contributed by atoms with Crippen LogP contribution in [-0.2, 0) is 18.3 Å². The maximum absolute atomic E-state index is 12.5. The van der Waals surface area contributed by atoms with Gasteiger partial charge in [-0.3, -0.25) is 4.79 Å². The molecular formula is C23H27ClN4O4S. The lowest BCUT2D eigenvalue weighted by Gasteiger charge is -2.15. The normalized spacial score (nSPS) is 11.7. The number of hydrogen-bond acceptors (Lipinski definition) is 7. The van der Waals surface area contributed by atoms with Crippen LogP contribution in [0.3, 0.4) is 0 Å². The van der Waals surface area contributed by atoms with E-state index >= 15 is 0 Å². The molecule has 8 nitrogen and oxygen atoms in total. The van der Waals surface area contributed by atoms with Gasteiger partial charge in [-0.25, -0.2) is 0 Å². The van der Waals surface area contributed by atoms with Crippen LogP contribution >= 0.6 is 23.4 Å². The lowest BCUT2D eigenvalue weighted by molar-refractivity contribution is -0.113. The van der Waals surface area contributed by atoms with Crippen molar-refractivity contribution in [1.82, 2.24) is 14.8 Å². The van der Waals surface area contributed by atoms with Gasteiger partial charge in [0, 0.05) is 19.2 Å². The average molecular weight is 491 g/mol. The number of carbonyl (C=O) groups is 1. The number of nitrogens with zero attached hydrogens (tertiary/aromatic N) is 3. The minimum absolute atomic E-state index is 0.133. The number of ether oxygens (including phenoxy) is 3. The van der Waals surface area contributed by atoms with E-state index in [2.05, 4.69) is 22.4 Å². The molecule has 2 aromatic carbocycles. The Labute approximate surface area is 202 Å². The zero-order chi connectivity index (χ0) is 24.0. The highest BCUT2D eigenvalue weighted by atomic mass is 35.5. The number of thioether (sulfide) groups is 1. The van der Waals surface area contributed by atoms with E-state index in [9.17, 15) is 4.79 Å². The maximum Gasteiger partial charge on any atom is 0.234 e. The van der Waals surface area contributed by atoms with Crippen LogP contribution in [0.25, 0.3) is 0 Å². The molecule has 33 heavy (non-hydrogen) atoms. The lowest BCUT2D eigenvalue weighted by Crippen LogP contribution is -2.15. The quantitative estimate of drug-likeness (QED) is 0.403. The Morgan fingerprint density at radius 1 is 1.15 bits per heavy atom. The first-order chi connectivity index (χ1) is 15.9. The summed E-state index contributed by atoms with van der Waals surface area (Å²) in [7, 11) is 4.86. The SMILES string of the molecule is CCc1ccc(OC(C)c2nnc(SCC(=O)Nc3cc(OC)c(Cl)cc3OC)n2C)cc1. The van der Waals surface area contributed by atoms with Gasteiger partial charge in [-0.15, -0.1) is 10.2 Å². The lowest BCUT2D eigenvalue weighted by atomic mass is 10.2. The predicted octanol–water partition coefficient (Wildman–Crippen LogP) is 4.92. The summed E-state index contributed by atoms with van der Waals surface area (Å²) in [5.41, 5.74) is 1.72. The first-order valence-corrected chi connectivity index (χ1v) is 11.7. The summed E-state index contributed by atoms with van der Waals surface area (Å²) in [6.45, 7) is 4.03. The minimum Gasteiger partial charge on any atom is -0.495 e. The highest BCUT2D eigenvalue weighted by Gasteiger charge is 2.19. The van der Waals surface area contributed by atoms with Gasteiger partial charge in [0.05, 0.1) is 30.7 Å². The summed E-state index contributed by atoms with van der Waals surface area (Å²) in [6, 6.07) is 11.2. The van der Waals surface area contributed by atoms with Gasteiger partial charge in [0.25, 0.3) is 0 Å². The third-order valence-corrected chi connectivity index (χ3v) is 6.27. The molecule has 0 aliphatic heterocycles. The molecule has 1 unspecified atom stereocenters. The van der Waals surface area contributed by atoms with Crippen LogP contribution in [0.5, 0.6) is 17.2 Å². The summed E-state index contributed by atoms with van der Waals surface area (Å²) in [6.07, 6.45) is 0.676. The Morgan fingerprint density at radius 2 is 1.85 bits per heavy atom. The second kappa shape index (κ2) is 11.3. The van der Waals surface area contributed by atoms with E-state index in [0.29, 0.717) is 33.2 Å². The number of nitrogens with one attached hydrogen (secondary N) is 1. The number of anilines is 1. The topological polar surface area (TPSA) is 87.5 Å². The van der Waals surface area contributed by atoms with Crippen molar-refractivity contribution in [1.29, 1.82) is 0 Å². The van der Waals surface area contributed by atoms with Crippen LogP contribution in [0.1, 0.15) is 31.3 Å². The summed E-state index contributed by atoms with van der Waals surface area (Å²) < 4.78 is 18.3. The highest BCUT2D eigenvalue weighted by Crippen LogP contribution is 2.36. The summed E-state index contributed by atoms with van der Waals surface area (Å²) in [5.74, 6) is 2.22. The molecule has 3 aromatic rings. The van der Waals surface area contributed by atoms with Crippen LogP contribution < -0.4 is 19.5 Å². The Hall–Kier alpha value is -2.91. The van der Waals surface area contributed by atoms with Crippen LogP contribution in [0.4, 0.5) is 5.69 Å². The van der Waals surface area contributed by atoms with E-state index in [0.717, 1.165) is 12.2 Å². The van der Waals surface area contributed by atoms with Crippen molar-refractivity contribution in [2.75, 3.05) is 25.3 Å². The molecular weight excluding hydrogens is 464 g/mol. The average Bonchev–Trinajstić information content (AvgIpc) is 3.19. The summed E-state index contributed by atoms with van der Waals surface area (Å²) in [4.78, 5) is 12.5. The molecule has 1 atom stereocenters. The minimum atomic E-state index is -0.302. The molecule has 0 aliphatic rings. The van der Waals surface area contributed by atoms with E-state index in [1.54, 1.807) is 12.1 Å². The zero-order valence-electron chi connectivity index (χ0n) is 19.2. The van der Waals surface area contributed by atoms with E-state index in [1.807, 2.05) is 42.8 Å². The van der Waals surface area contributed by atoms with Crippen molar-refractivity contribution < 1.29 is 19.0 Å². The van der Waals surface area contributed by atoms with E-state index in [-0.39, 0.29) is 17.8 Å². The van der Waals surface area contributed by atoms with Crippen LogP contribution in [0.2, 0.25) is 5.02 Å². The Kier molecular flexibility index (Phi) is 8.46. The van der Waals surface area contributed by atoms with Crippen molar-refractivity contribution in [3.8, 4) is 17.2 Å². The summed E-state index contributed by atoms with van der Waals surface area (Å²) in [5, 5.41) is 12.3. The molecule has 0 radical (unpaired) electrons. The largest absolute Gasteiger partial charge is 0.495 e. The van der Waals surface area contributed by atoms with Gasteiger partial charge in [-0.1, -0.05) is 42.4 Å². The van der Waals surface area contributed by atoms with Gasteiger partial charge in [0.15, 0.2) is 17.1 Å². The smallest absolute Gasteiger partial charge is 0.234 e. The molecule has 0 bridgehead atoms. The van der Waals surface area contributed by atoms with Gasteiger partial charge < -0.3 is 24.1 Å². The first-order valence-electron chi connectivity index (χ1n) is 10.3. The highest BCUT2D eigenvalue weighted by molar-refractivity contribution is 7.99. The fraction of sp³-hybridized carbons (Fsp3) is 0.348. The molecule has 0 saturated heterocycles. The van der Waals surface area contributed by atoms with Gasteiger partial charge in [-0.05, 0) is 31.0 Å². The van der Waals surface area contributed by atoms with Crippen molar-refractivity contribution >= 4 is 35.0 Å². The number of benzene rings is 2. The molecule has 1 N–H and O–H groups in total. The maximum atomic E-state index is 12.5. The van der Waals surface area contributed by atoms with Crippen LogP contribution in [0.15, 0.2) is 41.6 Å². The van der Waals surface area contributed by atoms with Gasteiger partial charge >= 0.3 is 0 Å². The molecule has 1 amide bonds. The number of rotatable bonds is 10. The van der Waals surface area contributed by atoms with Crippen LogP contribution in [-0.4, -0.2) is 40.6 Å². The number of hydrogen-bond donors (Lipinski definition) is 1. The number of carbonyl (C=O) groups excluding carboxylic acids is 1. The Balaban J connectivity index is 1.61. The number of aryl methyl sites for hydroxylation is 1. The molecule has 0 saturated carbocycles. The Bertz CT molecular complexity index is 1100. The van der Waals surface area contributed by atoms with Gasteiger partial charge in [0.2, 0.25) is 5.91 Å². The monoisotopic (exact) mass is 490 g/mol. The standard InChI is InChI=1S/C23H27ClN4O4S/c1-6-15-7-9-16(10-8-15)32-14(2)22-26-27-23(28(22)3)33-13-21(29)25-18-12-19(30-4)17(24)11-20(18)31-5/h7-12,14H,6,13H2,1-5H3,(H,25,29). The van der Waals surface area contributed by atoms with E-state index in [1.165, 1.54) is 31.5 Å². The molecule has 10 heteroatoms. The van der Waals surface area contributed by atoms with E-state index in [4.69, 9.17) is 25.8 Å². The summed E-state index contributed by atoms with van der Waals surface area (Å²) >= 11 is 7.39. The molecule has 0 aliphatic carbocycles. The third-order valence-electron chi connectivity index (χ3n) is 4.96. The second-order valence-electron chi connectivity index (χ2n) is 7.18. The fourth-order valence-corrected chi connectivity index (χ4v) is 4.09. The molecule has 1 aromatic heterocycles. The number of aromatic nitrogens is 3. The van der Waals surface area contributed by atoms with Crippen molar-refractivity contribution in [3.05, 3.63) is 52.8 Å². The van der Waals surface area contributed by atoms with Crippen molar-refractivity contribution in [3.63, 3.8) is 0 Å². The fourth-order valence-electron chi connectivity index (χ4n) is 3.14. The number of halogens is 1.